The first-order chi connectivity index (χ1) is 8.17. The van der Waals surface area contributed by atoms with Crippen LogP contribution in [0.15, 0.2) is 6.07 Å². The summed E-state index contributed by atoms with van der Waals surface area (Å²) in [6.07, 6.45) is 3.29. The number of hydrogen-bond acceptors (Lipinski definition) is 3. The van der Waals surface area contributed by atoms with E-state index < -0.39 is 0 Å². The molecule has 0 amide bonds. The minimum Gasteiger partial charge on any atom is -0.383 e. The molecular formula is C13H25N3O. The van der Waals surface area contributed by atoms with Crippen molar-refractivity contribution < 1.29 is 4.74 Å². The molecule has 0 saturated heterocycles. The third-order valence-corrected chi connectivity index (χ3v) is 2.90. The van der Waals surface area contributed by atoms with E-state index in [4.69, 9.17) is 4.74 Å². The highest BCUT2D eigenvalue weighted by Crippen LogP contribution is 2.07. The molecule has 17 heavy (non-hydrogen) atoms. The summed E-state index contributed by atoms with van der Waals surface area (Å²) in [7, 11) is 3.77. The lowest BCUT2D eigenvalue weighted by Gasteiger charge is -2.17. The average molecular weight is 239 g/mol. The fraction of sp³-hybridized carbons (Fsp3) is 0.769. The van der Waals surface area contributed by atoms with E-state index in [2.05, 4.69) is 23.4 Å². The average Bonchev–Trinajstić information content (AvgIpc) is 2.61. The summed E-state index contributed by atoms with van der Waals surface area (Å²) < 4.78 is 7.21. The molecule has 1 unspecified atom stereocenters. The summed E-state index contributed by atoms with van der Waals surface area (Å²) in [6, 6.07) is 2.60. The topological polar surface area (TPSA) is 39.1 Å². The Bertz CT molecular complexity index is 322. The van der Waals surface area contributed by atoms with E-state index in [0.717, 1.165) is 38.1 Å². The molecule has 0 spiro atoms. The van der Waals surface area contributed by atoms with Crippen molar-refractivity contribution in [1.82, 2.24) is 15.1 Å². The van der Waals surface area contributed by atoms with Gasteiger partial charge >= 0.3 is 0 Å². The molecule has 0 aliphatic rings. The van der Waals surface area contributed by atoms with Crippen LogP contribution in [0, 0.1) is 6.92 Å². The molecule has 98 valence electrons. The third kappa shape index (κ3) is 4.88. The van der Waals surface area contributed by atoms with Gasteiger partial charge in [-0.3, -0.25) is 4.68 Å². The molecule has 1 N–H and O–H groups in total. The zero-order valence-electron chi connectivity index (χ0n) is 11.5. The minimum absolute atomic E-state index is 0.440. The van der Waals surface area contributed by atoms with E-state index in [1.165, 1.54) is 5.69 Å². The normalized spacial score (nSPS) is 12.9. The lowest BCUT2D eigenvalue weighted by atomic mass is 10.1. The smallest absolute Gasteiger partial charge is 0.0615 e. The first kappa shape index (κ1) is 14.2. The van der Waals surface area contributed by atoms with Crippen LogP contribution in [0.25, 0.3) is 0 Å². The Kier molecular flexibility index (Phi) is 6.22. The summed E-state index contributed by atoms with van der Waals surface area (Å²) in [6.45, 7) is 6.04. The predicted octanol–water partition coefficient (Wildman–Crippen LogP) is 1.68. The number of aromatic nitrogens is 2. The van der Waals surface area contributed by atoms with Crippen LogP contribution in [0.4, 0.5) is 0 Å². The fourth-order valence-electron chi connectivity index (χ4n) is 2.01. The highest BCUT2D eigenvalue weighted by Gasteiger charge is 2.09. The van der Waals surface area contributed by atoms with Gasteiger partial charge in [0, 0.05) is 25.9 Å². The largest absolute Gasteiger partial charge is 0.383 e. The van der Waals surface area contributed by atoms with Gasteiger partial charge in [-0.25, -0.2) is 0 Å². The molecule has 0 radical (unpaired) electrons. The summed E-state index contributed by atoms with van der Waals surface area (Å²) in [5, 5.41) is 7.87. The Balaban J connectivity index is 2.42. The van der Waals surface area contributed by atoms with Crippen LogP contribution in [0.5, 0.6) is 0 Å². The van der Waals surface area contributed by atoms with Crippen LogP contribution in [-0.4, -0.2) is 36.1 Å². The number of ether oxygens (including phenoxy) is 1. The van der Waals surface area contributed by atoms with Gasteiger partial charge in [-0.15, -0.1) is 0 Å². The maximum Gasteiger partial charge on any atom is 0.0615 e. The van der Waals surface area contributed by atoms with Gasteiger partial charge in [0.2, 0.25) is 0 Å². The van der Waals surface area contributed by atoms with Crippen LogP contribution < -0.4 is 5.32 Å². The Morgan fingerprint density at radius 2 is 2.29 bits per heavy atom. The molecule has 0 fully saturated rings. The van der Waals surface area contributed by atoms with Gasteiger partial charge in [-0.05, 0) is 38.8 Å². The number of aryl methyl sites for hydroxylation is 3. The Morgan fingerprint density at radius 1 is 1.53 bits per heavy atom. The third-order valence-electron chi connectivity index (χ3n) is 2.90. The second-order valence-electron chi connectivity index (χ2n) is 4.55. The lowest BCUT2D eigenvalue weighted by molar-refractivity contribution is 0.162. The van der Waals surface area contributed by atoms with Gasteiger partial charge in [0.1, 0.15) is 0 Å². The van der Waals surface area contributed by atoms with Crippen molar-refractivity contribution in [3.8, 4) is 0 Å². The second-order valence-corrected chi connectivity index (χ2v) is 4.55. The maximum atomic E-state index is 5.24. The first-order valence-electron chi connectivity index (χ1n) is 6.39. The molecule has 0 aliphatic carbocycles. The van der Waals surface area contributed by atoms with Crippen LogP contribution in [0.3, 0.4) is 0 Å². The van der Waals surface area contributed by atoms with E-state index in [1.807, 2.05) is 18.7 Å². The van der Waals surface area contributed by atoms with Crippen molar-refractivity contribution in [3.63, 3.8) is 0 Å². The number of hydrogen-bond donors (Lipinski definition) is 1. The first-order valence-corrected chi connectivity index (χ1v) is 6.39. The van der Waals surface area contributed by atoms with Crippen molar-refractivity contribution >= 4 is 0 Å². The molecule has 4 heteroatoms. The predicted molar refractivity (Wildman–Crippen MR) is 70.2 cm³/mol. The van der Waals surface area contributed by atoms with E-state index in [0.29, 0.717) is 6.04 Å². The molecule has 1 heterocycles. The van der Waals surface area contributed by atoms with Crippen LogP contribution >= 0.6 is 0 Å². The van der Waals surface area contributed by atoms with E-state index in [-0.39, 0.29) is 0 Å². The van der Waals surface area contributed by atoms with Crippen molar-refractivity contribution in [1.29, 1.82) is 0 Å². The van der Waals surface area contributed by atoms with Crippen LogP contribution in [0.2, 0.25) is 0 Å². The van der Waals surface area contributed by atoms with Gasteiger partial charge in [-0.2, -0.15) is 5.10 Å². The highest BCUT2D eigenvalue weighted by atomic mass is 16.5. The molecule has 1 atom stereocenters. The van der Waals surface area contributed by atoms with Gasteiger partial charge < -0.3 is 10.1 Å². The summed E-state index contributed by atoms with van der Waals surface area (Å²) in [5.74, 6) is 0. The van der Waals surface area contributed by atoms with Crippen molar-refractivity contribution in [2.45, 2.75) is 39.2 Å². The standard InChI is InChI=1S/C13H25N3O/c1-5-8-14-12(10-17-4)6-7-13-9-11(2)15-16(13)3/h9,12,14H,5-8,10H2,1-4H3. The number of methoxy groups -OCH3 is 1. The quantitative estimate of drug-likeness (QED) is 0.750. The maximum absolute atomic E-state index is 5.24. The zero-order valence-corrected chi connectivity index (χ0v) is 11.5. The molecule has 1 rings (SSSR count). The number of rotatable bonds is 8. The summed E-state index contributed by atoms with van der Waals surface area (Å²) in [5.41, 5.74) is 2.38. The molecule has 1 aromatic heterocycles. The van der Waals surface area contributed by atoms with Crippen molar-refractivity contribution in [3.05, 3.63) is 17.5 Å². The van der Waals surface area contributed by atoms with Crippen LogP contribution in [-0.2, 0) is 18.2 Å². The molecule has 0 aromatic carbocycles. The Labute approximate surface area is 104 Å². The zero-order chi connectivity index (χ0) is 12.7. The summed E-state index contributed by atoms with van der Waals surface area (Å²) in [4.78, 5) is 0. The molecule has 1 aromatic rings. The van der Waals surface area contributed by atoms with Gasteiger partial charge in [0.25, 0.3) is 0 Å². The molecule has 0 saturated carbocycles. The summed E-state index contributed by atoms with van der Waals surface area (Å²) >= 11 is 0. The monoisotopic (exact) mass is 239 g/mol. The number of nitrogens with one attached hydrogen (secondary N) is 1. The molecular weight excluding hydrogens is 214 g/mol. The fourth-order valence-corrected chi connectivity index (χ4v) is 2.01. The van der Waals surface area contributed by atoms with E-state index in [9.17, 15) is 0 Å². The van der Waals surface area contributed by atoms with E-state index >= 15 is 0 Å². The molecule has 0 bridgehead atoms. The SMILES string of the molecule is CCCNC(CCc1cc(C)nn1C)COC. The Morgan fingerprint density at radius 3 is 2.82 bits per heavy atom. The van der Waals surface area contributed by atoms with Crippen LogP contribution in [0.1, 0.15) is 31.2 Å². The molecule has 0 aliphatic heterocycles. The van der Waals surface area contributed by atoms with Gasteiger partial charge in [0.15, 0.2) is 0 Å². The highest BCUT2D eigenvalue weighted by molar-refractivity contribution is 5.08. The lowest BCUT2D eigenvalue weighted by Crippen LogP contribution is -2.34. The second kappa shape index (κ2) is 7.45. The molecule has 4 nitrogen and oxygen atoms in total. The van der Waals surface area contributed by atoms with Gasteiger partial charge in [0.05, 0.1) is 12.3 Å². The van der Waals surface area contributed by atoms with Crippen molar-refractivity contribution in [2.24, 2.45) is 7.05 Å². The Hall–Kier alpha value is -0.870. The number of nitrogens with zero attached hydrogens (tertiary/aromatic N) is 2. The van der Waals surface area contributed by atoms with E-state index in [1.54, 1.807) is 7.11 Å². The van der Waals surface area contributed by atoms with Gasteiger partial charge in [-0.1, -0.05) is 6.92 Å². The van der Waals surface area contributed by atoms with Crippen molar-refractivity contribution in [2.75, 3.05) is 20.3 Å². The minimum atomic E-state index is 0.440.